The molecule has 1 fully saturated rings. The van der Waals surface area contributed by atoms with Crippen LogP contribution in [-0.4, -0.2) is 44.1 Å². The average molecular weight is 419 g/mol. The van der Waals surface area contributed by atoms with E-state index in [0.717, 1.165) is 24.0 Å². The number of aryl methyl sites for hydroxylation is 1. The highest BCUT2D eigenvalue weighted by Crippen LogP contribution is 2.19. The zero-order valence-electron chi connectivity index (χ0n) is 17.3. The van der Waals surface area contributed by atoms with Crippen LogP contribution in [0.1, 0.15) is 31.2 Å². The summed E-state index contributed by atoms with van der Waals surface area (Å²) in [6.45, 7) is 0.477. The molecule has 2 N–H and O–H groups in total. The van der Waals surface area contributed by atoms with Crippen molar-refractivity contribution in [3.63, 3.8) is 0 Å². The monoisotopic (exact) mass is 418 g/mol. The quantitative estimate of drug-likeness (QED) is 0.525. The molecule has 1 heterocycles. The third kappa shape index (κ3) is 6.21. The Hall–Kier alpha value is -3.55. The highest BCUT2D eigenvalue weighted by atomic mass is 16.2. The fourth-order valence-corrected chi connectivity index (χ4v) is 3.28. The molecule has 1 aliphatic carbocycles. The number of nitrogens with zero attached hydrogens (tertiary/aromatic N) is 4. The Morgan fingerprint density at radius 3 is 2.45 bits per heavy atom. The summed E-state index contributed by atoms with van der Waals surface area (Å²) in [6.07, 6.45) is 3.32. The molecular weight excluding hydrogens is 392 g/mol. The molecule has 2 amide bonds. The van der Waals surface area contributed by atoms with Gasteiger partial charge in [-0.15, -0.1) is 10.2 Å². The fourth-order valence-electron chi connectivity index (χ4n) is 3.28. The van der Waals surface area contributed by atoms with Crippen LogP contribution >= 0.6 is 0 Å². The van der Waals surface area contributed by atoms with Gasteiger partial charge in [0.2, 0.25) is 17.6 Å². The van der Waals surface area contributed by atoms with E-state index in [1.54, 1.807) is 0 Å². The molecule has 160 valence electrons. The van der Waals surface area contributed by atoms with Gasteiger partial charge in [-0.1, -0.05) is 60.7 Å². The highest BCUT2D eigenvalue weighted by molar-refractivity contribution is 5.88. The first-order valence-corrected chi connectivity index (χ1v) is 10.6. The smallest absolute Gasteiger partial charge is 0.243 e. The number of nitrogens with one attached hydrogen (secondary N) is 2. The predicted molar refractivity (Wildman–Crippen MR) is 116 cm³/mol. The van der Waals surface area contributed by atoms with Crippen LogP contribution in [0.5, 0.6) is 0 Å². The average Bonchev–Trinajstić information content (AvgIpc) is 3.48. The topological polar surface area (TPSA) is 102 Å². The second kappa shape index (κ2) is 9.97. The first-order valence-electron chi connectivity index (χ1n) is 10.6. The van der Waals surface area contributed by atoms with Gasteiger partial charge < -0.3 is 10.6 Å². The lowest BCUT2D eigenvalue weighted by Gasteiger charge is -2.18. The summed E-state index contributed by atoms with van der Waals surface area (Å²) in [5.41, 5.74) is 1.91. The van der Waals surface area contributed by atoms with Crippen LogP contribution in [0.4, 0.5) is 0 Å². The molecule has 1 aliphatic rings. The van der Waals surface area contributed by atoms with E-state index >= 15 is 0 Å². The fraction of sp³-hybridized carbons (Fsp3) is 0.348. The van der Waals surface area contributed by atoms with Crippen LogP contribution in [0, 0.1) is 0 Å². The van der Waals surface area contributed by atoms with Gasteiger partial charge in [0.1, 0.15) is 6.04 Å². The first kappa shape index (κ1) is 20.7. The van der Waals surface area contributed by atoms with Crippen molar-refractivity contribution >= 4 is 11.8 Å². The summed E-state index contributed by atoms with van der Waals surface area (Å²) in [6, 6.07) is 19.0. The molecule has 8 nitrogen and oxygen atoms in total. The number of hydrogen-bond donors (Lipinski definition) is 2. The van der Waals surface area contributed by atoms with Crippen molar-refractivity contribution in [3.8, 4) is 11.4 Å². The van der Waals surface area contributed by atoms with Gasteiger partial charge in [-0.25, -0.2) is 0 Å². The number of amides is 2. The number of benzene rings is 2. The van der Waals surface area contributed by atoms with E-state index in [0.29, 0.717) is 25.2 Å². The molecule has 1 unspecified atom stereocenters. The third-order valence-corrected chi connectivity index (χ3v) is 5.10. The molecule has 4 rings (SSSR count). The lowest BCUT2D eigenvalue weighted by atomic mass is 10.0. The number of carbonyl (C=O) groups excluding carboxylic acids is 2. The lowest BCUT2D eigenvalue weighted by molar-refractivity contribution is -0.129. The second-order valence-electron chi connectivity index (χ2n) is 7.77. The summed E-state index contributed by atoms with van der Waals surface area (Å²) in [7, 11) is 0. The minimum atomic E-state index is -0.579. The maximum absolute atomic E-state index is 12.6. The predicted octanol–water partition coefficient (Wildman–Crippen LogP) is 2.13. The lowest BCUT2D eigenvalue weighted by Crippen LogP contribution is -2.48. The van der Waals surface area contributed by atoms with Gasteiger partial charge in [-0.05, 0) is 30.0 Å². The maximum Gasteiger partial charge on any atom is 0.243 e. The van der Waals surface area contributed by atoms with Crippen LogP contribution < -0.4 is 10.6 Å². The Balaban J connectivity index is 1.28. The largest absolute Gasteiger partial charge is 0.352 e. The van der Waals surface area contributed by atoms with Crippen molar-refractivity contribution in [2.24, 2.45) is 0 Å². The minimum Gasteiger partial charge on any atom is -0.352 e. The van der Waals surface area contributed by atoms with Crippen molar-refractivity contribution in [2.45, 2.75) is 50.7 Å². The Morgan fingerprint density at radius 1 is 1.03 bits per heavy atom. The van der Waals surface area contributed by atoms with E-state index in [4.69, 9.17) is 0 Å². The molecule has 0 bridgehead atoms. The number of tetrazole rings is 1. The van der Waals surface area contributed by atoms with E-state index in [1.165, 1.54) is 4.80 Å². The number of carbonyl (C=O) groups is 2. The minimum absolute atomic E-state index is 0.120. The Morgan fingerprint density at radius 2 is 1.74 bits per heavy atom. The number of aromatic nitrogens is 4. The zero-order valence-corrected chi connectivity index (χ0v) is 17.3. The van der Waals surface area contributed by atoms with Crippen LogP contribution in [0.25, 0.3) is 11.4 Å². The molecule has 1 aromatic heterocycles. The molecule has 8 heteroatoms. The summed E-state index contributed by atoms with van der Waals surface area (Å²) in [5, 5.41) is 18.4. The summed E-state index contributed by atoms with van der Waals surface area (Å²) >= 11 is 0. The molecular formula is C23H26N6O2. The SMILES string of the molecule is O=C(CCCn1nnc(-c2ccccc2)n1)NC(Cc1ccccc1)C(=O)NC1CC1. The molecule has 1 atom stereocenters. The van der Waals surface area contributed by atoms with Gasteiger partial charge in [-0.2, -0.15) is 4.80 Å². The Bertz CT molecular complexity index is 1000. The van der Waals surface area contributed by atoms with Gasteiger partial charge in [0.15, 0.2) is 0 Å². The Labute approximate surface area is 181 Å². The first-order chi connectivity index (χ1) is 15.2. The van der Waals surface area contributed by atoms with Crippen molar-refractivity contribution in [2.75, 3.05) is 0 Å². The van der Waals surface area contributed by atoms with E-state index < -0.39 is 6.04 Å². The molecule has 0 aliphatic heterocycles. The molecule has 1 saturated carbocycles. The highest BCUT2D eigenvalue weighted by Gasteiger charge is 2.28. The van der Waals surface area contributed by atoms with Gasteiger partial charge in [-0.3, -0.25) is 9.59 Å². The van der Waals surface area contributed by atoms with Crippen molar-refractivity contribution in [3.05, 3.63) is 66.2 Å². The van der Waals surface area contributed by atoms with E-state index in [1.807, 2.05) is 60.7 Å². The van der Waals surface area contributed by atoms with Gasteiger partial charge in [0.05, 0.1) is 6.54 Å². The number of hydrogen-bond acceptors (Lipinski definition) is 5. The van der Waals surface area contributed by atoms with Crippen molar-refractivity contribution in [1.82, 2.24) is 30.8 Å². The summed E-state index contributed by atoms with van der Waals surface area (Å²) < 4.78 is 0. The van der Waals surface area contributed by atoms with Crippen LogP contribution in [-0.2, 0) is 22.6 Å². The van der Waals surface area contributed by atoms with Gasteiger partial charge >= 0.3 is 0 Å². The molecule has 3 aromatic rings. The van der Waals surface area contributed by atoms with Crippen LogP contribution in [0.2, 0.25) is 0 Å². The summed E-state index contributed by atoms with van der Waals surface area (Å²) in [4.78, 5) is 26.6. The Kier molecular flexibility index (Phi) is 6.66. The molecule has 2 aromatic carbocycles. The third-order valence-electron chi connectivity index (χ3n) is 5.10. The maximum atomic E-state index is 12.6. The van der Waals surface area contributed by atoms with Crippen molar-refractivity contribution in [1.29, 1.82) is 0 Å². The number of rotatable bonds is 10. The molecule has 0 saturated heterocycles. The normalized spacial score (nSPS) is 14.1. The second-order valence-corrected chi connectivity index (χ2v) is 7.77. The van der Waals surface area contributed by atoms with Crippen LogP contribution in [0.3, 0.4) is 0 Å². The van der Waals surface area contributed by atoms with Crippen molar-refractivity contribution < 1.29 is 9.59 Å². The van der Waals surface area contributed by atoms with E-state index in [9.17, 15) is 9.59 Å². The standard InChI is InChI=1S/C23H26N6O2/c30-21(12-7-15-29-27-22(26-28-29)18-10-5-2-6-11-18)25-20(23(31)24-19-13-14-19)16-17-8-3-1-4-9-17/h1-6,8-11,19-20H,7,12-16H2,(H,24,31)(H,25,30). The van der Waals surface area contributed by atoms with Gasteiger partial charge in [0, 0.05) is 24.4 Å². The van der Waals surface area contributed by atoms with Gasteiger partial charge in [0.25, 0.3) is 0 Å². The molecule has 0 radical (unpaired) electrons. The van der Waals surface area contributed by atoms with E-state index in [2.05, 4.69) is 26.0 Å². The van der Waals surface area contributed by atoms with Crippen LogP contribution in [0.15, 0.2) is 60.7 Å². The molecule has 31 heavy (non-hydrogen) atoms. The molecule has 0 spiro atoms. The van der Waals surface area contributed by atoms with E-state index in [-0.39, 0.29) is 24.3 Å². The zero-order chi connectivity index (χ0) is 21.5. The summed E-state index contributed by atoms with van der Waals surface area (Å²) in [5.74, 6) is 0.283.